The normalized spacial score (nSPS) is 18.0. The molecule has 2 aromatic heterocycles. The summed E-state index contributed by atoms with van der Waals surface area (Å²) in [6.45, 7) is 14.7. The fraction of sp³-hybridized carbons (Fsp3) is 0.519. The Bertz CT molecular complexity index is 999. The van der Waals surface area contributed by atoms with Gasteiger partial charge in [0.2, 0.25) is 0 Å². The Balaban J connectivity index is 1.65. The second kappa shape index (κ2) is 8.93. The van der Waals surface area contributed by atoms with Crippen LogP contribution in [0.1, 0.15) is 61.7 Å². The van der Waals surface area contributed by atoms with Crippen molar-refractivity contribution in [2.24, 2.45) is 5.92 Å². The molecule has 1 aromatic carbocycles. The Hall–Kier alpha value is -2.13. The molecule has 3 heterocycles. The maximum Gasteiger partial charge on any atom is 0.0486 e. The van der Waals surface area contributed by atoms with Crippen LogP contribution >= 0.6 is 0 Å². The fourth-order valence-corrected chi connectivity index (χ4v) is 5.14. The highest BCUT2D eigenvalue weighted by atomic mass is 15.2. The summed E-state index contributed by atoms with van der Waals surface area (Å²) in [4.78, 5) is 7.21. The maximum atomic E-state index is 4.49. The molecule has 3 heteroatoms. The van der Waals surface area contributed by atoms with Gasteiger partial charge >= 0.3 is 0 Å². The van der Waals surface area contributed by atoms with Crippen molar-refractivity contribution in [1.82, 2.24) is 14.5 Å². The average molecular weight is 404 g/mol. The summed E-state index contributed by atoms with van der Waals surface area (Å²) < 4.78 is 2.60. The highest BCUT2D eigenvalue weighted by Crippen LogP contribution is 2.34. The molecule has 0 fully saturated rings. The molecule has 0 bridgehead atoms. The Morgan fingerprint density at radius 1 is 1.17 bits per heavy atom. The van der Waals surface area contributed by atoms with Gasteiger partial charge in [-0.3, -0.25) is 9.88 Å². The molecule has 2 unspecified atom stereocenters. The number of hydrogen-bond acceptors (Lipinski definition) is 2. The summed E-state index contributed by atoms with van der Waals surface area (Å²) in [6.07, 6.45) is 6.82. The van der Waals surface area contributed by atoms with Crippen molar-refractivity contribution in [3.63, 3.8) is 0 Å². The summed E-state index contributed by atoms with van der Waals surface area (Å²) in [5.41, 5.74) is 8.29. The van der Waals surface area contributed by atoms with Crippen LogP contribution in [-0.4, -0.2) is 27.0 Å². The first-order valence-electron chi connectivity index (χ1n) is 11.7. The number of pyridine rings is 1. The molecule has 160 valence electrons. The summed E-state index contributed by atoms with van der Waals surface area (Å²) in [7, 11) is 0. The summed E-state index contributed by atoms with van der Waals surface area (Å²) in [6, 6.07) is 12.0. The molecule has 2 atom stereocenters. The van der Waals surface area contributed by atoms with Crippen molar-refractivity contribution in [1.29, 1.82) is 0 Å². The third-order valence-electron chi connectivity index (χ3n) is 6.84. The third kappa shape index (κ3) is 4.32. The molecule has 0 saturated heterocycles. The molecule has 3 nitrogen and oxygen atoms in total. The lowest BCUT2D eigenvalue weighted by molar-refractivity contribution is 0.154. The van der Waals surface area contributed by atoms with Crippen molar-refractivity contribution in [3.8, 4) is 0 Å². The maximum absolute atomic E-state index is 4.49. The number of benzene rings is 1. The van der Waals surface area contributed by atoms with Crippen LogP contribution < -0.4 is 0 Å². The number of nitrogens with zero attached hydrogens (tertiary/aromatic N) is 3. The van der Waals surface area contributed by atoms with Crippen LogP contribution in [0.15, 0.2) is 36.5 Å². The first-order valence-corrected chi connectivity index (χ1v) is 11.7. The standard InChI is InChI=1S/C27H37N3/c1-6-7-20(3)17-29-18-25-24-14-19(2)8-11-26(24)30(27(25)15-22(29)5)13-12-23-10-9-21(4)28-16-23/h8-11,14,16,20,22H,6-7,12-13,15,17-18H2,1-5H3. The van der Waals surface area contributed by atoms with E-state index in [4.69, 9.17) is 0 Å². The summed E-state index contributed by atoms with van der Waals surface area (Å²) in [5.74, 6) is 0.767. The molecule has 3 aromatic rings. The molecule has 0 radical (unpaired) electrons. The molecule has 4 rings (SSSR count). The van der Waals surface area contributed by atoms with Gasteiger partial charge in [-0.1, -0.05) is 38.0 Å². The molecule has 0 amide bonds. The topological polar surface area (TPSA) is 21.1 Å². The minimum Gasteiger partial charge on any atom is -0.344 e. The quantitative estimate of drug-likeness (QED) is 0.477. The van der Waals surface area contributed by atoms with Crippen molar-refractivity contribution in [2.45, 2.75) is 79.4 Å². The van der Waals surface area contributed by atoms with Crippen molar-refractivity contribution >= 4 is 10.9 Å². The van der Waals surface area contributed by atoms with E-state index < -0.39 is 0 Å². The van der Waals surface area contributed by atoms with E-state index in [1.165, 1.54) is 41.4 Å². The summed E-state index contributed by atoms with van der Waals surface area (Å²) in [5, 5.41) is 1.46. The molecular formula is C27H37N3. The van der Waals surface area contributed by atoms with E-state index in [1.807, 2.05) is 6.20 Å². The molecule has 1 aliphatic rings. The van der Waals surface area contributed by atoms with Gasteiger partial charge in [0.25, 0.3) is 0 Å². The zero-order valence-electron chi connectivity index (χ0n) is 19.4. The lowest BCUT2D eigenvalue weighted by Gasteiger charge is -2.36. The predicted octanol–water partition coefficient (Wildman–Crippen LogP) is 6.08. The van der Waals surface area contributed by atoms with Gasteiger partial charge < -0.3 is 4.57 Å². The number of aromatic nitrogens is 2. The first kappa shape index (κ1) is 21.1. The van der Waals surface area contributed by atoms with Gasteiger partial charge in [0.15, 0.2) is 0 Å². The lowest BCUT2D eigenvalue weighted by atomic mass is 9.96. The largest absolute Gasteiger partial charge is 0.344 e. The molecular weight excluding hydrogens is 366 g/mol. The molecule has 0 saturated carbocycles. The van der Waals surface area contributed by atoms with Crippen LogP contribution in [0.5, 0.6) is 0 Å². The Morgan fingerprint density at radius 3 is 2.73 bits per heavy atom. The zero-order chi connectivity index (χ0) is 21.3. The van der Waals surface area contributed by atoms with Gasteiger partial charge in [0.05, 0.1) is 0 Å². The molecule has 1 aliphatic heterocycles. The monoisotopic (exact) mass is 403 g/mol. The molecule has 0 N–H and O–H groups in total. The number of aryl methyl sites for hydroxylation is 4. The van der Waals surface area contributed by atoms with Crippen molar-refractivity contribution < 1.29 is 0 Å². The molecule has 0 aliphatic carbocycles. The smallest absolute Gasteiger partial charge is 0.0486 e. The second-order valence-corrected chi connectivity index (χ2v) is 9.53. The van der Waals surface area contributed by atoms with E-state index in [-0.39, 0.29) is 0 Å². The van der Waals surface area contributed by atoms with Crippen LogP contribution in [-0.2, 0) is 25.9 Å². The number of fused-ring (bicyclic) bond motifs is 3. The van der Waals surface area contributed by atoms with Crippen molar-refractivity contribution in [2.75, 3.05) is 6.54 Å². The minimum absolute atomic E-state index is 0.599. The van der Waals surface area contributed by atoms with E-state index in [2.05, 4.69) is 79.4 Å². The third-order valence-corrected chi connectivity index (χ3v) is 6.84. The van der Waals surface area contributed by atoms with Gasteiger partial charge in [-0.2, -0.15) is 0 Å². The van der Waals surface area contributed by atoms with Gasteiger partial charge in [0.1, 0.15) is 0 Å². The van der Waals surface area contributed by atoms with Crippen LogP contribution in [0.25, 0.3) is 10.9 Å². The second-order valence-electron chi connectivity index (χ2n) is 9.53. The molecule has 30 heavy (non-hydrogen) atoms. The van der Waals surface area contributed by atoms with E-state index in [0.717, 1.165) is 37.5 Å². The van der Waals surface area contributed by atoms with E-state index in [9.17, 15) is 0 Å². The van der Waals surface area contributed by atoms with E-state index in [0.29, 0.717) is 6.04 Å². The van der Waals surface area contributed by atoms with Crippen LogP contribution in [0.3, 0.4) is 0 Å². The Kier molecular flexibility index (Phi) is 6.29. The van der Waals surface area contributed by atoms with Gasteiger partial charge in [-0.15, -0.1) is 0 Å². The van der Waals surface area contributed by atoms with Crippen LogP contribution in [0.2, 0.25) is 0 Å². The lowest BCUT2D eigenvalue weighted by Crippen LogP contribution is -2.41. The van der Waals surface area contributed by atoms with Crippen LogP contribution in [0, 0.1) is 19.8 Å². The zero-order valence-corrected chi connectivity index (χ0v) is 19.4. The molecule has 0 spiro atoms. The van der Waals surface area contributed by atoms with E-state index in [1.54, 1.807) is 11.3 Å². The van der Waals surface area contributed by atoms with Gasteiger partial charge in [-0.05, 0) is 68.9 Å². The van der Waals surface area contributed by atoms with Gasteiger partial charge in [0, 0.05) is 60.6 Å². The highest BCUT2D eigenvalue weighted by molar-refractivity contribution is 5.86. The van der Waals surface area contributed by atoms with Gasteiger partial charge in [-0.25, -0.2) is 0 Å². The Morgan fingerprint density at radius 2 is 2.00 bits per heavy atom. The average Bonchev–Trinajstić information content (AvgIpc) is 3.00. The number of hydrogen-bond donors (Lipinski definition) is 0. The van der Waals surface area contributed by atoms with Crippen molar-refractivity contribution in [3.05, 3.63) is 64.6 Å². The highest BCUT2D eigenvalue weighted by Gasteiger charge is 2.29. The SMILES string of the molecule is CCCC(C)CN1Cc2c(n(CCc3ccc(C)nc3)c3ccc(C)cc23)CC1C. The van der Waals surface area contributed by atoms with Crippen LogP contribution in [0.4, 0.5) is 0 Å². The minimum atomic E-state index is 0.599. The Labute approximate surface area is 182 Å². The fourth-order valence-electron chi connectivity index (χ4n) is 5.14. The summed E-state index contributed by atoms with van der Waals surface area (Å²) >= 11 is 0. The predicted molar refractivity (Wildman–Crippen MR) is 127 cm³/mol. The first-order chi connectivity index (χ1) is 14.5. The number of rotatable bonds is 7. The van der Waals surface area contributed by atoms with E-state index >= 15 is 0 Å².